The average molecular weight is 853 g/mol. The van der Waals surface area contributed by atoms with E-state index in [0.717, 1.165) is 44.9 Å². The second-order valence-corrected chi connectivity index (χ2v) is 14.9. The summed E-state index contributed by atoms with van der Waals surface area (Å²) < 4.78 is 9.02. The molecule has 0 saturated heterocycles. The van der Waals surface area contributed by atoms with Crippen LogP contribution in [0.25, 0.3) is 38.4 Å². The molecule has 6 nitrogen and oxygen atoms in total. The molecule has 0 unspecified atom stereocenters. The fourth-order valence-corrected chi connectivity index (χ4v) is 8.81. The first kappa shape index (κ1) is 31.4. The molecule has 0 bridgehead atoms. The van der Waals surface area contributed by atoms with Gasteiger partial charge >= 0.3 is 28.0 Å². The summed E-state index contributed by atoms with van der Waals surface area (Å²) in [5.74, 6) is 2.13. The van der Waals surface area contributed by atoms with E-state index in [2.05, 4.69) is 151 Å². The molecule has 0 fully saturated rings. The predicted molar refractivity (Wildman–Crippen MR) is 206 cm³/mol. The van der Waals surface area contributed by atoms with Gasteiger partial charge < -0.3 is 18.8 Å². The van der Waals surface area contributed by atoms with Gasteiger partial charge in [0.15, 0.2) is 0 Å². The zero-order valence-electron chi connectivity index (χ0n) is 29.1. The summed E-state index contributed by atoms with van der Waals surface area (Å²) in [6.45, 7) is 9.22. The maximum Gasteiger partial charge on any atom is 2.00 e. The van der Waals surface area contributed by atoms with E-state index in [-0.39, 0.29) is 38.9 Å². The van der Waals surface area contributed by atoms with Gasteiger partial charge in [-0.1, -0.05) is 116 Å². The molecule has 3 aromatic heterocycles. The minimum absolute atomic E-state index is 0. The van der Waals surface area contributed by atoms with Crippen LogP contribution in [-0.4, -0.2) is 21.4 Å². The summed E-state index contributed by atoms with van der Waals surface area (Å²) in [7, 11) is 0. The van der Waals surface area contributed by atoms with Gasteiger partial charge in [0.2, 0.25) is 0 Å². The fraction of sp³-hybridized carbons (Fsp3) is 0.136. The monoisotopic (exact) mass is 852 g/mol. The second-order valence-electron chi connectivity index (χ2n) is 14.9. The predicted octanol–water partition coefficient (Wildman–Crippen LogP) is 9.66. The number of fused-ring (bicyclic) bond motifs is 11. The van der Waals surface area contributed by atoms with E-state index in [0.29, 0.717) is 11.5 Å². The van der Waals surface area contributed by atoms with Crippen molar-refractivity contribution in [1.29, 1.82) is 0 Å². The minimum Gasteiger partial charge on any atom is -0.503 e. The number of hydrogen-bond acceptors (Lipinski definition) is 5. The van der Waals surface area contributed by atoms with Gasteiger partial charge in [-0.05, 0) is 40.7 Å². The number of hydrogen-bond donors (Lipinski definition) is 0. The molecular formula is C44H32BN5OPt. The molecule has 6 heterocycles. The number of ether oxygens (including phenoxy) is 1. The Hall–Kier alpha value is -5.39. The zero-order chi connectivity index (χ0) is 34.2. The molecule has 0 spiro atoms. The number of pyridine rings is 2. The number of anilines is 4. The molecule has 0 aliphatic carbocycles. The maximum absolute atomic E-state index is 6.66. The molecule has 11 rings (SSSR count). The van der Waals surface area contributed by atoms with Crippen molar-refractivity contribution in [3.63, 3.8) is 0 Å². The van der Waals surface area contributed by atoms with Crippen molar-refractivity contribution in [2.45, 2.75) is 38.5 Å². The normalized spacial score (nSPS) is 15.7. The number of para-hydroxylation sites is 2. The maximum atomic E-state index is 6.66. The smallest absolute Gasteiger partial charge is 0.503 e. The number of nitrogens with zero attached hydrogens (tertiary/aromatic N) is 5. The third-order valence-electron chi connectivity index (χ3n) is 12.0. The molecule has 252 valence electrons. The van der Waals surface area contributed by atoms with Crippen molar-refractivity contribution in [2.24, 2.45) is 0 Å². The van der Waals surface area contributed by atoms with Gasteiger partial charge in [0.05, 0.1) is 11.3 Å². The summed E-state index contributed by atoms with van der Waals surface area (Å²) in [5.41, 5.74) is 11.1. The number of benzene rings is 5. The van der Waals surface area contributed by atoms with Crippen LogP contribution in [-0.2, 0) is 31.9 Å². The SMILES string of the molecule is CC1(C)c2cccc3c4ccc(Oc5[c-]c6c(cc5)-c5ccccc5B5N(c7ccccc7)c7cccnc7N56)[c-]c4c4ncc(n4c23)C1(C)C.[Pt+2]. The van der Waals surface area contributed by atoms with E-state index in [1.807, 2.05) is 24.4 Å². The Labute approximate surface area is 317 Å². The van der Waals surface area contributed by atoms with Crippen molar-refractivity contribution in [3.8, 4) is 22.6 Å². The molecular weight excluding hydrogens is 820 g/mol. The summed E-state index contributed by atoms with van der Waals surface area (Å²) in [6.07, 6.45) is 3.92. The fourth-order valence-electron chi connectivity index (χ4n) is 8.81. The first-order chi connectivity index (χ1) is 24.8. The molecule has 3 aliphatic heterocycles. The van der Waals surface area contributed by atoms with Gasteiger partial charge in [0, 0.05) is 51.6 Å². The molecule has 0 radical (unpaired) electrons. The number of rotatable bonds is 3. The Bertz CT molecular complexity index is 2780. The van der Waals surface area contributed by atoms with E-state index in [4.69, 9.17) is 14.7 Å². The molecule has 8 heteroatoms. The zero-order valence-corrected chi connectivity index (χ0v) is 31.4. The van der Waals surface area contributed by atoms with Gasteiger partial charge in [0.1, 0.15) is 5.82 Å². The van der Waals surface area contributed by atoms with Crippen LogP contribution in [0.2, 0.25) is 0 Å². The average Bonchev–Trinajstić information content (AvgIpc) is 3.76. The van der Waals surface area contributed by atoms with Crippen molar-refractivity contribution in [3.05, 3.63) is 145 Å². The standard InChI is InChI=1S/C44H32BN5O.Pt/c1-43(2)35-16-10-15-33-30-21-19-28(24-34(30)41-47-26-39(44(43,3)4)48(41)40(33)35)51-29-20-22-32-31-14-8-9-17-36(31)45-49(27-12-6-5-7-13-27)37-18-11-23-46-42(37)50(45)38(32)25-29;/h5-23,26H,1-4H3;/q-2;+2. The van der Waals surface area contributed by atoms with E-state index in [1.54, 1.807) is 0 Å². The summed E-state index contributed by atoms with van der Waals surface area (Å²) >= 11 is 0. The van der Waals surface area contributed by atoms with E-state index < -0.39 is 0 Å². The van der Waals surface area contributed by atoms with Crippen LogP contribution < -0.4 is 19.8 Å². The Morgan fingerprint density at radius 2 is 1.46 bits per heavy atom. The van der Waals surface area contributed by atoms with Crippen molar-refractivity contribution < 1.29 is 25.8 Å². The van der Waals surface area contributed by atoms with Crippen LogP contribution in [0.15, 0.2) is 122 Å². The van der Waals surface area contributed by atoms with E-state index >= 15 is 0 Å². The molecule has 3 aliphatic rings. The molecule has 0 saturated carbocycles. The number of aromatic nitrogens is 3. The van der Waals surface area contributed by atoms with Gasteiger partial charge in [0.25, 0.3) is 0 Å². The first-order valence-electron chi connectivity index (χ1n) is 17.5. The van der Waals surface area contributed by atoms with Crippen LogP contribution in [0.1, 0.15) is 39.0 Å². The second kappa shape index (κ2) is 10.8. The van der Waals surface area contributed by atoms with Gasteiger partial charge in [-0.15, -0.1) is 29.8 Å². The van der Waals surface area contributed by atoms with Crippen molar-refractivity contribution >= 4 is 62.6 Å². The van der Waals surface area contributed by atoms with Gasteiger partial charge in [-0.2, -0.15) is 6.07 Å². The Kier molecular flexibility index (Phi) is 6.52. The summed E-state index contributed by atoms with van der Waals surface area (Å²) in [5, 5.41) is 3.27. The van der Waals surface area contributed by atoms with E-state index in [1.165, 1.54) is 33.2 Å². The van der Waals surface area contributed by atoms with Crippen LogP contribution in [0, 0.1) is 12.1 Å². The molecule has 0 amide bonds. The van der Waals surface area contributed by atoms with Crippen molar-refractivity contribution in [2.75, 3.05) is 9.62 Å². The molecule has 8 aromatic rings. The third-order valence-corrected chi connectivity index (χ3v) is 12.0. The number of imidazole rings is 1. The summed E-state index contributed by atoms with van der Waals surface area (Å²) in [6, 6.07) is 45.7. The Balaban J connectivity index is 0.00000338. The van der Waals surface area contributed by atoms with Crippen LogP contribution in [0.3, 0.4) is 0 Å². The van der Waals surface area contributed by atoms with E-state index in [9.17, 15) is 0 Å². The summed E-state index contributed by atoms with van der Waals surface area (Å²) in [4.78, 5) is 14.6. The Morgan fingerprint density at radius 3 is 2.33 bits per heavy atom. The van der Waals surface area contributed by atoms with Crippen LogP contribution >= 0.6 is 0 Å². The molecule has 0 N–H and O–H groups in total. The van der Waals surface area contributed by atoms with Gasteiger partial charge in [-0.25, -0.2) is 4.98 Å². The van der Waals surface area contributed by atoms with Gasteiger partial charge in [-0.3, -0.25) is 4.98 Å². The molecule has 5 aromatic carbocycles. The first-order valence-corrected chi connectivity index (χ1v) is 17.5. The van der Waals surface area contributed by atoms with Crippen molar-refractivity contribution in [1.82, 2.24) is 14.4 Å². The third kappa shape index (κ3) is 3.95. The van der Waals surface area contributed by atoms with Crippen LogP contribution in [0.4, 0.5) is 22.9 Å². The topological polar surface area (TPSA) is 45.9 Å². The Morgan fingerprint density at radius 1 is 0.673 bits per heavy atom. The van der Waals surface area contributed by atoms with Crippen LogP contribution in [0.5, 0.6) is 11.5 Å². The quantitative estimate of drug-likeness (QED) is 0.101. The largest absolute Gasteiger partial charge is 2.00 e. The minimum atomic E-state index is -0.131. The molecule has 0 atom stereocenters. The molecule has 52 heavy (non-hydrogen) atoms.